The molecule has 4 atom stereocenters. The van der Waals surface area contributed by atoms with Crippen LogP contribution in [-0.4, -0.2) is 56.4 Å². The zero-order valence-corrected chi connectivity index (χ0v) is 27.0. The molecule has 2 saturated heterocycles. The first kappa shape index (κ1) is 31.9. The van der Waals surface area contributed by atoms with Crippen molar-refractivity contribution >= 4 is 23.0 Å². The van der Waals surface area contributed by atoms with Gasteiger partial charge in [0, 0.05) is 12.3 Å². The largest absolute Gasteiger partial charge is 0.471 e. The van der Waals surface area contributed by atoms with E-state index in [0.29, 0.717) is 44.0 Å². The normalized spacial score (nSPS) is 21.9. The van der Waals surface area contributed by atoms with Crippen LogP contribution in [0.5, 0.6) is 5.88 Å². The summed E-state index contributed by atoms with van der Waals surface area (Å²) in [4.78, 5) is 26.7. The number of benzene rings is 3. The van der Waals surface area contributed by atoms with Crippen LogP contribution in [0, 0.1) is 5.92 Å². The SMILES string of the molecule is CC(C)C(=O)Nc1nc(OCc2ccccc2)c2ncn([C@@H]3O[C@]4(COCc5ccccc5)CCOC3C4OCc3ccccc3)c2n1. The van der Waals surface area contributed by atoms with Crippen LogP contribution in [0.25, 0.3) is 11.2 Å². The molecule has 0 saturated carbocycles. The highest BCUT2D eigenvalue weighted by molar-refractivity contribution is 5.91. The van der Waals surface area contributed by atoms with Crippen molar-refractivity contribution in [3.05, 3.63) is 114 Å². The van der Waals surface area contributed by atoms with Gasteiger partial charge in [-0.2, -0.15) is 9.97 Å². The van der Waals surface area contributed by atoms with Gasteiger partial charge >= 0.3 is 0 Å². The smallest absolute Gasteiger partial charge is 0.247 e. The topological polar surface area (TPSA) is 119 Å². The van der Waals surface area contributed by atoms with Gasteiger partial charge in [-0.05, 0) is 16.7 Å². The molecule has 248 valence electrons. The van der Waals surface area contributed by atoms with Crippen molar-refractivity contribution in [1.29, 1.82) is 0 Å². The predicted octanol–water partition coefficient (Wildman–Crippen LogP) is 5.86. The second-order valence-electron chi connectivity index (χ2n) is 12.4. The molecular formula is C37H39N5O6. The summed E-state index contributed by atoms with van der Waals surface area (Å²) in [5.74, 6) is -0.117. The average Bonchev–Trinajstić information content (AvgIpc) is 3.60. The minimum Gasteiger partial charge on any atom is -0.471 e. The van der Waals surface area contributed by atoms with E-state index in [1.165, 1.54) is 0 Å². The first-order chi connectivity index (χ1) is 23.5. The molecule has 11 heteroatoms. The third-order valence-corrected chi connectivity index (χ3v) is 8.66. The van der Waals surface area contributed by atoms with E-state index in [9.17, 15) is 4.79 Å². The molecule has 0 radical (unpaired) electrons. The van der Waals surface area contributed by atoms with Crippen molar-refractivity contribution in [3.8, 4) is 5.88 Å². The van der Waals surface area contributed by atoms with E-state index < -0.39 is 24.0 Å². The highest BCUT2D eigenvalue weighted by atomic mass is 16.6. The molecule has 2 unspecified atom stereocenters. The number of carbonyl (C=O) groups excluding carboxylic acids is 1. The Labute approximate surface area is 279 Å². The molecule has 48 heavy (non-hydrogen) atoms. The third kappa shape index (κ3) is 6.81. The van der Waals surface area contributed by atoms with Gasteiger partial charge in [0.05, 0.1) is 32.8 Å². The number of ether oxygens (including phenoxy) is 5. The molecule has 2 bridgehead atoms. The van der Waals surface area contributed by atoms with Crippen molar-refractivity contribution in [2.45, 2.75) is 64.1 Å². The maximum Gasteiger partial charge on any atom is 0.247 e. The highest BCUT2D eigenvalue weighted by Gasteiger charge is 2.60. The Morgan fingerprint density at radius 1 is 0.917 bits per heavy atom. The van der Waals surface area contributed by atoms with E-state index in [4.69, 9.17) is 28.7 Å². The Bertz CT molecular complexity index is 1820. The van der Waals surface area contributed by atoms with Crippen molar-refractivity contribution in [1.82, 2.24) is 19.5 Å². The lowest BCUT2D eigenvalue weighted by atomic mass is 9.90. The van der Waals surface area contributed by atoms with E-state index >= 15 is 0 Å². The number of aromatic nitrogens is 4. The van der Waals surface area contributed by atoms with Gasteiger partial charge in [-0.15, -0.1) is 0 Å². The number of anilines is 1. The Morgan fingerprint density at radius 2 is 1.56 bits per heavy atom. The Kier molecular flexibility index (Phi) is 9.44. The Balaban J connectivity index is 1.22. The highest BCUT2D eigenvalue weighted by Crippen LogP contribution is 2.47. The fourth-order valence-electron chi connectivity index (χ4n) is 6.10. The molecule has 0 spiro atoms. The zero-order valence-electron chi connectivity index (χ0n) is 27.0. The van der Waals surface area contributed by atoms with Gasteiger partial charge in [-0.25, -0.2) is 4.98 Å². The van der Waals surface area contributed by atoms with Crippen LogP contribution in [0.2, 0.25) is 0 Å². The van der Waals surface area contributed by atoms with Crippen molar-refractivity contribution < 1.29 is 28.5 Å². The summed E-state index contributed by atoms with van der Waals surface area (Å²) in [5, 5.41) is 2.83. The van der Waals surface area contributed by atoms with Crippen LogP contribution in [0.1, 0.15) is 43.2 Å². The summed E-state index contributed by atoms with van der Waals surface area (Å²) in [7, 11) is 0. The van der Waals surface area contributed by atoms with E-state index in [1.807, 2.05) is 109 Å². The molecule has 2 aliphatic rings. The molecule has 2 aromatic heterocycles. The molecular weight excluding hydrogens is 610 g/mol. The Morgan fingerprint density at radius 3 is 2.23 bits per heavy atom. The van der Waals surface area contributed by atoms with E-state index in [2.05, 4.69) is 15.3 Å². The quantitative estimate of drug-likeness (QED) is 0.167. The predicted molar refractivity (Wildman–Crippen MR) is 178 cm³/mol. The van der Waals surface area contributed by atoms with Crippen molar-refractivity contribution in [2.24, 2.45) is 5.92 Å². The summed E-state index contributed by atoms with van der Waals surface area (Å²) in [5.41, 5.74) is 3.18. The van der Waals surface area contributed by atoms with Gasteiger partial charge in [0.2, 0.25) is 17.7 Å². The van der Waals surface area contributed by atoms with Gasteiger partial charge in [0.1, 0.15) is 24.4 Å². The number of hydrogen-bond donors (Lipinski definition) is 1. The standard InChI is InChI=1S/C37H39N5O6/c1-25(2)33(43)40-36-39-32-29(34(41-36)47-22-28-16-10-5-11-17-28)38-24-42(32)35-30-31(46-21-27-14-8-4-9-15-27)37(48-35,18-19-45-30)23-44-20-26-12-6-3-7-13-26/h3-17,24-25,30-31,35H,18-23H2,1-2H3,(H,39,40,41,43)/t30?,31?,35-,37+/m1/s1. The second kappa shape index (κ2) is 14.2. The van der Waals surface area contributed by atoms with Gasteiger partial charge in [0.25, 0.3) is 0 Å². The maximum absolute atomic E-state index is 12.7. The molecule has 4 heterocycles. The van der Waals surface area contributed by atoms with Crippen LogP contribution in [0.3, 0.4) is 0 Å². The second-order valence-corrected chi connectivity index (χ2v) is 12.4. The zero-order chi connectivity index (χ0) is 32.9. The first-order valence-electron chi connectivity index (χ1n) is 16.3. The van der Waals surface area contributed by atoms with Crippen LogP contribution in [0.15, 0.2) is 97.3 Å². The summed E-state index contributed by atoms with van der Waals surface area (Å²) in [6.45, 7) is 5.49. The van der Waals surface area contributed by atoms with Crippen LogP contribution >= 0.6 is 0 Å². The fourth-order valence-corrected chi connectivity index (χ4v) is 6.10. The van der Waals surface area contributed by atoms with Crippen LogP contribution in [-0.2, 0) is 43.6 Å². The Hall–Kier alpha value is -4.68. The molecule has 2 fully saturated rings. The molecule has 3 aromatic carbocycles. The van der Waals surface area contributed by atoms with E-state index in [1.54, 1.807) is 6.33 Å². The van der Waals surface area contributed by atoms with Gasteiger partial charge in [-0.3, -0.25) is 14.7 Å². The molecule has 1 amide bonds. The molecule has 1 N–H and O–H groups in total. The number of amides is 1. The lowest BCUT2D eigenvalue weighted by Gasteiger charge is -2.38. The van der Waals surface area contributed by atoms with Gasteiger partial charge in [-0.1, -0.05) is 105 Å². The first-order valence-corrected chi connectivity index (χ1v) is 16.3. The number of hydrogen-bond acceptors (Lipinski definition) is 9. The fraction of sp³-hybridized carbons (Fsp3) is 0.351. The monoisotopic (exact) mass is 649 g/mol. The molecule has 2 aliphatic heterocycles. The lowest BCUT2D eigenvalue weighted by molar-refractivity contribution is -0.178. The van der Waals surface area contributed by atoms with Gasteiger partial charge in [0.15, 0.2) is 17.4 Å². The average molecular weight is 650 g/mol. The number of nitrogens with zero attached hydrogens (tertiary/aromatic N) is 4. The third-order valence-electron chi connectivity index (χ3n) is 8.66. The number of imidazole rings is 1. The lowest BCUT2D eigenvalue weighted by Crippen LogP contribution is -2.53. The summed E-state index contributed by atoms with van der Waals surface area (Å²) in [6, 6.07) is 29.9. The minimum absolute atomic E-state index is 0.116. The van der Waals surface area contributed by atoms with E-state index in [0.717, 1.165) is 16.7 Å². The van der Waals surface area contributed by atoms with E-state index in [-0.39, 0.29) is 30.3 Å². The molecule has 5 aromatic rings. The molecule has 0 aliphatic carbocycles. The maximum atomic E-state index is 12.7. The summed E-state index contributed by atoms with van der Waals surface area (Å²) < 4.78 is 34.3. The van der Waals surface area contributed by atoms with Gasteiger partial charge < -0.3 is 23.7 Å². The number of fused-ring (bicyclic) bond motifs is 3. The van der Waals surface area contributed by atoms with Crippen LogP contribution in [0.4, 0.5) is 5.95 Å². The van der Waals surface area contributed by atoms with Crippen molar-refractivity contribution in [2.75, 3.05) is 18.5 Å². The van der Waals surface area contributed by atoms with Crippen molar-refractivity contribution in [3.63, 3.8) is 0 Å². The number of rotatable bonds is 13. The molecule has 7 rings (SSSR count). The summed E-state index contributed by atoms with van der Waals surface area (Å²) >= 11 is 0. The number of carbonyl (C=O) groups is 1. The van der Waals surface area contributed by atoms with Crippen LogP contribution < -0.4 is 10.1 Å². The minimum atomic E-state index is -0.790. The summed E-state index contributed by atoms with van der Waals surface area (Å²) in [6.07, 6.45) is 0.656. The molecule has 11 nitrogen and oxygen atoms in total. The number of nitrogens with one attached hydrogen (secondary N) is 1.